The predicted molar refractivity (Wildman–Crippen MR) is 107 cm³/mol. The third-order valence-electron chi connectivity index (χ3n) is 4.77. The quantitative estimate of drug-likeness (QED) is 0.705. The molecule has 1 aromatic heterocycles. The van der Waals surface area contributed by atoms with Gasteiger partial charge in [0.25, 0.3) is 0 Å². The molecule has 3 rings (SSSR count). The Labute approximate surface area is 160 Å². The Morgan fingerprint density at radius 1 is 1.04 bits per heavy atom. The minimum Gasteiger partial charge on any atom is -0.367 e. The maximum absolute atomic E-state index is 12.8. The molecule has 1 aromatic carbocycles. The van der Waals surface area contributed by atoms with Crippen molar-refractivity contribution >= 4 is 23.1 Å². The average molecular weight is 366 g/mol. The number of ketones is 1. The van der Waals surface area contributed by atoms with Crippen molar-refractivity contribution in [3.63, 3.8) is 0 Å². The first kappa shape index (κ1) is 19.0. The number of anilines is 2. The number of Topliss-reactive ketones (excluding diaryl/α,β-unsaturated/α-hetero) is 1. The molecule has 0 unspecified atom stereocenters. The van der Waals surface area contributed by atoms with Gasteiger partial charge in [0.05, 0.1) is 11.4 Å². The third-order valence-corrected chi connectivity index (χ3v) is 4.77. The van der Waals surface area contributed by atoms with E-state index in [2.05, 4.69) is 34.9 Å². The molecule has 0 atom stereocenters. The summed E-state index contributed by atoms with van der Waals surface area (Å²) >= 11 is 0. The first-order valence-corrected chi connectivity index (χ1v) is 9.28. The molecule has 6 heteroatoms. The van der Waals surface area contributed by atoms with Gasteiger partial charge in [-0.3, -0.25) is 14.6 Å². The fourth-order valence-electron chi connectivity index (χ4n) is 3.26. The molecule has 0 bridgehead atoms. The number of para-hydroxylation sites is 2. The topological polar surface area (TPSA) is 56.8 Å². The fourth-order valence-corrected chi connectivity index (χ4v) is 3.26. The van der Waals surface area contributed by atoms with Crippen LogP contribution in [0.5, 0.6) is 0 Å². The largest absolute Gasteiger partial charge is 0.367 e. The van der Waals surface area contributed by atoms with Crippen molar-refractivity contribution in [2.24, 2.45) is 0 Å². The first-order valence-electron chi connectivity index (χ1n) is 9.28. The van der Waals surface area contributed by atoms with E-state index in [9.17, 15) is 9.59 Å². The van der Waals surface area contributed by atoms with Gasteiger partial charge in [-0.05, 0) is 38.4 Å². The summed E-state index contributed by atoms with van der Waals surface area (Å²) in [6.45, 7) is 3.32. The summed E-state index contributed by atoms with van der Waals surface area (Å²) in [6, 6.07) is 11.5. The molecule has 142 valence electrons. The van der Waals surface area contributed by atoms with Crippen molar-refractivity contribution in [2.75, 3.05) is 50.1 Å². The van der Waals surface area contributed by atoms with E-state index in [0.717, 1.165) is 31.0 Å². The Kier molecular flexibility index (Phi) is 6.19. The van der Waals surface area contributed by atoms with E-state index >= 15 is 0 Å². The summed E-state index contributed by atoms with van der Waals surface area (Å²) in [5, 5.41) is 0. The predicted octanol–water partition coefficient (Wildman–Crippen LogP) is 2.46. The highest BCUT2D eigenvalue weighted by Gasteiger charge is 2.26. The lowest BCUT2D eigenvalue weighted by molar-refractivity contribution is -0.118. The van der Waals surface area contributed by atoms with Gasteiger partial charge in [0.1, 0.15) is 0 Å². The number of carbonyl (C=O) groups excluding carboxylic acids is 2. The van der Waals surface area contributed by atoms with E-state index in [1.165, 1.54) is 0 Å². The molecule has 0 N–H and O–H groups in total. The number of benzene rings is 1. The zero-order chi connectivity index (χ0) is 19.2. The Bertz CT molecular complexity index is 792. The number of fused-ring (bicyclic) bond motifs is 1. The minimum absolute atomic E-state index is 0.00745. The lowest BCUT2D eigenvalue weighted by atomic mass is 10.1. The molecule has 1 aliphatic rings. The number of pyridine rings is 1. The number of likely N-dealkylation sites (N-methyl/N-ethyl adjacent to an activating group) is 1. The fraction of sp³-hybridized carbons (Fsp3) is 0.381. The van der Waals surface area contributed by atoms with Crippen molar-refractivity contribution < 1.29 is 9.59 Å². The van der Waals surface area contributed by atoms with Crippen molar-refractivity contribution in [3.05, 3.63) is 54.4 Å². The van der Waals surface area contributed by atoms with Gasteiger partial charge in [-0.2, -0.15) is 0 Å². The Balaban J connectivity index is 1.66. The summed E-state index contributed by atoms with van der Waals surface area (Å²) in [7, 11) is 4.12. The molecule has 0 saturated carbocycles. The van der Waals surface area contributed by atoms with Crippen LogP contribution in [-0.4, -0.2) is 61.8 Å². The van der Waals surface area contributed by atoms with Gasteiger partial charge < -0.3 is 14.7 Å². The van der Waals surface area contributed by atoms with E-state index in [1.807, 2.05) is 23.1 Å². The summed E-state index contributed by atoms with van der Waals surface area (Å²) in [5.74, 6) is -0.0543. The molecular formula is C21H26N4O2. The van der Waals surface area contributed by atoms with E-state index in [0.29, 0.717) is 12.1 Å². The molecule has 0 saturated heterocycles. The maximum atomic E-state index is 12.8. The Hall–Kier alpha value is -2.73. The van der Waals surface area contributed by atoms with Gasteiger partial charge >= 0.3 is 0 Å². The van der Waals surface area contributed by atoms with Gasteiger partial charge in [-0.25, -0.2) is 0 Å². The summed E-state index contributed by atoms with van der Waals surface area (Å²) in [5.41, 5.74) is 2.57. The van der Waals surface area contributed by atoms with E-state index in [-0.39, 0.29) is 24.5 Å². The van der Waals surface area contributed by atoms with Crippen LogP contribution in [-0.2, 0) is 4.79 Å². The molecule has 0 fully saturated rings. The highest BCUT2D eigenvalue weighted by atomic mass is 16.2. The first-order chi connectivity index (χ1) is 13.1. The van der Waals surface area contributed by atoms with Crippen LogP contribution < -0.4 is 9.80 Å². The number of nitrogens with zero attached hydrogens (tertiary/aromatic N) is 4. The molecule has 2 heterocycles. The second-order valence-electron chi connectivity index (χ2n) is 6.99. The van der Waals surface area contributed by atoms with Gasteiger partial charge in [0.2, 0.25) is 5.91 Å². The maximum Gasteiger partial charge on any atom is 0.227 e. The lowest BCUT2D eigenvalue weighted by Crippen LogP contribution is -2.45. The van der Waals surface area contributed by atoms with Crippen LogP contribution in [0.1, 0.15) is 23.2 Å². The SMILES string of the molecule is CN(C)CCN1CCN(C(=O)CCC(=O)c2cccnc2)c2ccccc21. The van der Waals surface area contributed by atoms with E-state index in [4.69, 9.17) is 0 Å². The number of rotatable bonds is 7. The summed E-state index contributed by atoms with van der Waals surface area (Å²) in [6.07, 6.45) is 3.59. The summed E-state index contributed by atoms with van der Waals surface area (Å²) in [4.78, 5) is 35.3. The molecule has 1 aliphatic heterocycles. The molecule has 0 aliphatic carbocycles. The third kappa shape index (κ3) is 4.71. The number of hydrogen-bond acceptors (Lipinski definition) is 5. The van der Waals surface area contributed by atoms with Gasteiger partial charge in [0.15, 0.2) is 5.78 Å². The smallest absolute Gasteiger partial charge is 0.227 e. The zero-order valence-corrected chi connectivity index (χ0v) is 16.0. The van der Waals surface area contributed by atoms with Crippen LogP contribution in [0.2, 0.25) is 0 Å². The highest BCUT2D eigenvalue weighted by molar-refractivity contribution is 6.02. The van der Waals surface area contributed by atoms with Crippen LogP contribution in [0.4, 0.5) is 11.4 Å². The normalized spacial score (nSPS) is 13.6. The van der Waals surface area contributed by atoms with Crippen LogP contribution in [0.3, 0.4) is 0 Å². The number of aromatic nitrogens is 1. The molecule has 1 amide bonds. The van der Waals surface area contributed by atoms with E-state index in [1.54, 1.807) is 24.5 Å². The van der Waals surface area contributed by atoms with Gasteiger partial charge in [0, 0.05) is 57.0 Å². The second kappa shape index (κ2) is 8.77. The standard InChI is InChI=1S/C21H26N4O2/c1-23(2)12-13-24-14-15-25(19-8-4-3-7-18(19)24)21(27)10-9-20(26)17-6-5-11-22-16-17/h3-8,11,16H,9-10,12-15H2,1-2H3. The van der Waals surface area contributed by atoms with Crippen LogP contribution in [0.25, 0.3) is 0 Å². The van der Waals surface area contributed by atoms with Crippen LogP contribution >= 0.6 is 0 Å². The Morgan fingerprint density at radius 2 is 1.81 bits per heavy atom. The highest BCUT2D eigenvalue weighted by Crippen LogP contribution is 2.33. The summed E-state index contributed by atoms with van der Waals surface area (Å²) < 4.78 is 0. The van der Waals surface area contributed by atoms with Crippen molar-refractivity contribution in [1.29, 1.82) is 0 Å². The van der Waals surface area contributed by atoms with Crippen LogP contribution in [0, 0.1) is 0 Å². The van der Waals surface area contributed by atoms with Gasteiger partial charge in [-0.15, -0.1) is 0 Å². The molecule has 0 radical (unpaired) electrons. The minimum atomic E-state index is -0.0469. The molecule has 6 nitrogen and oxygen atoms in total. The van der Waals surface area contributed by atoms with Crippen molar-refractivity contribution in [2.45, 2.75) is 12.8 Å². The number of hydrogen-bond donors (Lipinski definition) is 0. The van der Waals surface area contributed by atoms with Crippen LogP contribution in [0.15, 0.2) is 48.8 Å². The lowest BCUT2D eigenvalue weighted by Gasteiger charge is -2.38. The molecule has 27 heavy (non-hydrogen) atoms. The number of amides is 1. The second-order valence-corrected chi connectivity index (χ2v) is 6.99. The zero-order valence-electron chi connectivity index (χ0n) is 16.0. The van der Waals surface area contributed by atoms with Crippen molar-refractivity contribution in [3.8, 4) is 0 Å². The molecule has 2 aromatic rings. The Morgan fingerprint density at radius 3 is 2.52 bits per heavy atom. The molecular weight excluding hydrogens is 340 g/mol. The molecule has 0 spiro atoms. The van der Waals surface area contributed by atoms with E-state index < -0.39 is 0 Å². The van der Waals surface area contributed by atoms with Crippen molar-refractivity contribution in [1.82, 2.24) is 9.88 Å². The average Bonchev–Trinajstić information content (AvgIpc) is 2.70. The van der Waals surface area contributed by atoms with Gasteiger partial charge in [-0.1, -0.05) is 12.1 Å². The number of carbonyl (C=O) groups is 2. The monoisotopic (exact) mass is 366 g/mol.